The standard InChI is InChI=1S/C28H29NO4/c1-3-14-29-16-24(17-29)32-23-11-6-20(7-12-23)28-27(19-4-8-21(30)9-5-19)18(2)25-13-10-22(31)15-26(25)33-28/h4-13,15,24,28,30-31H,3,14,16-17H2,1-2H3/i1D2,2D3,24D. The maximum atomic E-state index is 10.1. The number of benzene rings is 3. The summed E-state index contributed by atoms with van der Waals surface area (Å²) in [7, 11) is 0. The summed E-state index contributed by atoms with van der Waals surface area (Å²) in [6.07, 6.45) is -1.53. The van der Waals surface area contributed by atoms with Gasteiger partial charge in [0.25, 0.3) is 0 Å². The molecule has 0 amide bonds. The smallest absolute Gasteiger partial charge is 0.150 e. The molecule has 2 aliphatic heterocycles. The number of ether oxygens (including phenoxy) is 2. The minimum absolute atomic E-state index is 0.0491. The number of fused-ring (bicyclic) bond motifs is 1. The molecule has 5 rings (SSSR count). The molecular formula is C28H29NO4. The average Bonchev–Trinajstić information content (AvgIpc) is 2.85. The molecule has 1 saturated heterocycles. The molecular weight excluding hydrogens is 414 g/mol. The number of likely N-dealkylation sites (tertiary alicyclic amines) is 1. The Kier molecular flexibility index (Phi) is 4.12. The number of hydrogen-bond donors (Lipinski definition) is 2. The highest BCUT2D eigenvalue weighted by atomic mass is 16.5. The van der Waals surface area contributed by atoms with Crippen LogP contribution in [0, 0.1) is 0 Å². The summed E-state index contributed by atoms with van der Waals surface area (Å²) < 4.78 is 60.5. The molecule has 1 unspecified atom stereocenters. The van der Waals surface area contributed by atoms with Crippen LogP contribution in [0.4, 0.5) is 0 Å². The molecule has 5 nitrogen and oxygen atoms in total. The molecule has 0 radical (unpaired) electrons. The second kappa shape index (κ2) is 8.83. The lowest BCUT2D eigenvalue weighted by Gasteiger charge is -2.38. The molecule has 0 saturated carbocycles. The third-order valence-electron chi connectivity index (χ3n) is 5.88. The van der Waals surface area contributed by atoms with Crippen LogP contribution < -0.4 is 9.47 Å². The van der Waals surface area contributed by atoms with E-state index in [0.717, 1.165) is 0 Å². The number of allylic oxidation sites excluding steroid dienone is 1. The second-order valence-corrected chi connectivity index (χ2v) is 8.22. The lowest BCUT2D eigenvalue weighted by atomic mass is 9.86. The lowest BCUT2D eigenvalue weighted by Crippen LogP contribution is -2.53. The van der Waals surface area contributed by atoms with Crippen LogP contribution in [-0.2, 0) is 0 Å². The Morgan fingerprint density at radius 3 is 2.52 bits per heavy atom. The van der Waals surface area contributed by atoms with Crippen LogP contribution >= 0.6 is 0 Å². The number of nitrogens with zero attached hydrogens (tertiary/aromatic N) is 1. The Balaban J connectivity index is 1.47. The molecule has 2 aliphatic rings. The molecule has 3 aromatic carbocycles. The highest BCUT2D eigenvalue weighted by molar-refractivity contribution is 5.95. The molecule has 33 heavy (non-hydrogen) atoms. The van der Waals surface area contributed by atoms with Crippen LogP contribution in [0.2, 0.25) is 0 Å². The fourth-order valence-electron chi connectivity index (χ4n) is 4.18. The maximum Gasteiger partial charge on any atom is 0.150 e. The largest absolute Gasteiger partial charge is 0.508 e. The summed E-state index contributed by atoms with van der Waals surface area (Å²) in [5.74, 6) is 0.724. The number of hydrogen-bond acceptors (Lipinski definition) is 5. The normalized spacial score (nSPS) is 22.5. The topological polar surface area (TPSA) is 62.2 Å². The fourth-order valence-corrected chi connectivity index (χ4v) is 4.18. The van der Waals surface area contributed by atoms with E-state index in [4.69, 9.17) is 17.7 Å². The lowest BCUT2D eigenvalue weighted by molar-refractivity contribution is 0.0202. The van der Waals surface area contributed by atoms with Gasteiger partial charge in [-0.25, -0.2) is 0 Å². The maximum absolute atomic E-state index is 10.1. The van der Waals surface area contributed by atoms with E-state index in [-0.39, 0.29) is 22.8 Å². The van der Waals surface area contributed by atoms with Crippen LogP contribution in [0.5, 0.6) is 23.0 Å². The van der Waals surface area contributed by atoms with Crippen molar-refractivity contribution >= 4 is 11.1 Å². The van der Waals surface area contributed by atoms with Gasteiger partial charge in [0.05, 0.1) is 1.37 Å². The molecule has 0 spiro atoms. The van der Waals surface area contributed by atoms with Crippen LogP contribution in [0.15, 0.2) is 66.7 Å². The fraction of sp³-hybridized carbons (Fsp3) is 0.286. The summed E-state index contributed by atoms with van der Waals surface area (Å²) in [5.41, 5.74) is 2.11. The minimum atomic E-state index is -2.50. The third-order valence-corrected chi connectivity index (χ3v) is 5.88. The van der Waals surface area contributed by atoms with E-state index in [1.54, 1.807) is 36.4 Å². The average molecular weight is 450 g/mol. The van der Waals surface area contributed by atoms with E-state index < -0.39 is 25.9 Å². The van der Waals surface area contributed by atoms with Gasteiger partial charge in [0.1, 0.15) is 35.2 Å². The van der Waals surface area contributed by atoms with E-state index in [9.17, 15) is 10.2 Å². The van der Waals surface area contributed by atoms with Gasteiger partial charge in [-0.3, -0.25) is 4.90 Å². The van der Waals surface area contributed by atoms with Gasteiger partial charge in [0.15, 0.2) is 0 Å². The highest BCUT2D eigenvalue weighted by Gasteiger charge is 2.30. The van der Waals surface area contributed by atoms with Crippen molar-refractivity contribution in [2.45, 2.75) is 32.3 Å². The predicted molar refractivity (Wildman–Crippen MR) is 130 cm³/mol. The number of aromatic hydroxyl groups is 2. The molecule has 3 aromatic rings. The molecule has 170 valence electrons. The first kappa shape index (κ1) is 15.4. The van der Waals surface area contributed by atoms with Crippen molar-refractivity contribution in [3.05, 3.63) is 83.4 Å². The van der Waals surface area contributed by atoms with E-state index in [1.807, 2.05) is 4.90 Å². The Morgan fingerprint density at radius 1 is 1.03 bits per heavy atom. The highest BCUT2D eigenvalue weighted by Crippen LogP contribution is 2.47. The van der Waals surface area contributed by atoms with Gasteiger partial charge in [0.2, 0.25) is 0 Å². The predicted octanol–water partition coefficient (Wildman–Crippen LogP) is 5.64. The zero-order chi connectivity index (χ0) is 27.9. The summed E-state index contributed by atoms with van der Waals surface area (Å²) in [4.78, 5) is 1.98. The summed E-state index contributed by atoms with van der Waals surface area (Å²) in [6.45, 7) is -2.05. The Morgan fingerprint density at radius 2 is 1.79 bits per heavy atom. The van der Waals surface area contributed by atoms with Crippen molar-refractivity contribution in [2.24, 2.45) is 0 Å². The monoisotopic (exact) mass is 449 g/mol. The zero-order valence-corrected chi connectivity index (χ0v) is 18.0. The van der Waals surface area contributed by atoms with E-state index in [2.05, 4.69) is 0 Å². The van der Waals surface area contributed by atoms with Crippen molar-refractivity contribution < 1.29 is 27.9 Å². The molecule has 1 fully saturated rings. The van der Waals surface area contributed by atoms with Gasteiger partial charge >= 0.3 is 0 Å². The Bertz CT molecular complexity index is 1370. The number of rotatable bonds is 6. The van der Waals surface area contributed by atoms with Gasteiger partial charge in [-0.05, 0) is 72.9 Å². The van der Waals surface area contributed by atoms with Crippen molar-refractivity contribution in [1.29, 1.82) is 0 Å². The van der Waals surface area contributed by atoms with Crippen LogP contribution in [-0.4, -0.2) is 40.8 Å². The van der Waals surface area contributed by atoms with Gasteiger partial charge in [0, 0.05) is 37.1 Å². The summed E-state index contributed by atoms with van der Waals surface area (Å²) in [5, 5.41) is 19.9. The van der Waals surface area contributed by atoms with E-state index >= 15 is 0 Å². The Hall–Kier alpha value is -3.44. The van der Waals surface area contributed by atoms with Crippen LogP contribution in [0.25, 0.3) is 11.1 Å². The van der Waals surface area contributed by atoms with Gasteiger partial charge in [-0.15, -0.1) is 0 Å². The molecule has 0 aromatic heterocycles. The quantitative estimate of drug-likeness (QED) is 0.510. The van der Waals surface area contributed by atoms with Crippen molar-refractivity contribution in [2.75, 3.05) is 19.6 Å². The molecule has 1 atom stereocenters. The molecule has 5 heteroatoms. The summed E-state index contributed by atoms with van der Waals surface area (Å²) in [6, 6.07) is 17.6. The van der Waals surface area contributed by atoms with Gasteiger partial charge in [-0.2, -0.15) is 0 Å². The third kappa shape index (κ3) is 4.29. The van der Waals surface area contributed by atoms with Crippen LogP contribution in [0.1, 0.15) is 51.2 Å². The number of phenols is 2. The molecule has 2 heterocycles. The van der Waals surface area contributed by atoms with Gasteiger partial charge < -0.3 is 19.7 Å². The Labute approximate surface area is 202 Å². The SMILES string of the molecule is [2H]C([2H])CCN1CC([2H])(Oc2ccc(C3Oc4cc(O)ccc4C(C([2H])([2H])[2H])=C3c3ccc(O)cc3)cc2)C1. The van der Waals surface area contributed by atoms with Crippen molar-refractivity contribution in [3.8, 4) is 23.0 Å². The molecule has 0 aliphatic carbocycles. The van der Waals surface area contributed by atoms with E-state index in [0.29, 0.717) is 54.1 Å². The zero-order valence-electron chi connectivity index (χ0n) is 24.0. The van der Waals surface area contributed by atoms with Crippen molar-refractivity contribution in [3.63, 3.8) is 0 Å². The van der Waals surface area contributed by atoms with Crippen LogP contribution in [0.3, 0.4) is 0 Å². The van der Waals surface area contributed by atoms with Crippen molar-refractivity contribution in [1.82, 2.24) is 4.90 Å². The summed E-state index contributed by atoms with van der Waals surface area (Å²) >= 11 is 0. The van der Waals surface area contributed by atoms with E-state index in [1.165, 1.54) is 30.3 Å². The number of phenolic OH excluding ortho intramolecular Hbond substituents is 2. The molecule has 0 bridgehead atoms. The molecule has 2 N–H and O–H groups in total. The first-order valence-electron chi connectivity index (χ1n) is 14.0. The minimum Gasteiger partial charge on any atom is -0.508 e. The first-order valence-corrected chi connectivity index (χ1v) is 10.8. The van der Waals surface area contributed by atoms with Gasteiger partial charge in [-0.1, -0.05) is 31.1 Å². The first-order chi connectivity index (χ1) is 18.4. The second-order valence-electron chi connectivity index (χ2n) is 8.22.